The molecule has 1 aliphatic heterocycles. The predicted octanol–water partition coefficient (Wildman–Crippen LogP) is 1.68. The highest BCUT2D eigenvalue weighted by atomic mass is 15.4. The minimum absolute atomic E-state index is 0.441. The van der Waals surface area contributed by atoms with Gasteiger partial charge in [-0.1, -0.05) is 18.2 Å². The molecule has 1 atom stereocenters. The molecule has 0 aliphatic carbocycles. The lowest BCUT2D eigenvalue weighted by molar-refractivity contribution is 0.687. The van der Waals surface area contributed by atoms with Crippen molar-refractivity contribution < 1.29 is 0 Å². The lowest BCUT2D eigenvalue weighted by atomic mass is 10.1. The second kappa shape index (κ2) is 1.99. The highest BCUT2D eigenvalue weighted by Gasteiger charge is 2.14. The molecule has 2 N–H and O–H groups in total. The summed E-state index contributed by atoms with van der Waals surface area (Å²) in [5.41, 5.74) is 8.79. The van der Waals surface area contributed by atoms with Crippen molar-refractivity contribution in [2.75, 3.05) is 5.43 Å². The smallest absolute Gasteiger partial charge is 0.0536 e. The van der Waals surface area contributed by atoms with Crippen molar-refractivity contribution in [1.82, 2.24) is 5.43 Å². The molecule has 2 nitrogen and oxygen atoms in total. The first-order valence-electron chi connectivity index (χ1n) is 3.48. The first-order chi connectivity index (χ1) is 4.88. The van der Waals surface area contributed by atoms with Gasteiger partial charge in [0, 0.05) is 0 Å². The average molecular weight is 134 g/mol. The molecule has 1 heterocycles. The summed E-state index contributed by atoms with van der Waals surface area (Å²) in [7, 11) is 0. The van der Waals surface area contributed by atoms with Gasteiger partial charge in [0.2, 0.25) is 0 Å². The molecule has 0 saturated carbocycles. The van der Waals surface area contributed by atoms with Gasteiger partial charge in [0.15, 0.2) is 0 Å². The number of hydrogen-bond acceptors (Lipinski definition) is 2. The van der Waals surface area contributed by atoms with E-state index < -0.39 is 0 Å². The van der Waals surface area contributed by atoms with Gasteiger partial charge in [-0.05, 0) is 18.6 Å². The molecule has 0 amide bonds. The number of rotatable bonds is 0. The molecule has 0 aromatic heterocycles. The first kappa shape index (κ1) is 5.74. The quantitative estimate of drug-likeness (QED) is 0.564. The third kappa shape index (κ3) is 0.693. The van der Waals surface area contributed by atoms with Gasteiger partial charge < -0.3 is 5.43 Å². The lowest BCUT2D eigenvalue weighted by Crippen LogP contribution is -2.15. The molecule has 0 spiro atoms. The van der Waals surface area contributed by atoms with Crippen LogP contribution < -0.4 is 10.9 Å². The van der Waals surface area contributed by atoms with Crippen LogP contribution in [0.5, 0.6) is 0 Å². The normalized spacial score (nSPS) is 21.9. The molecule has 0 radical (unpaired) electrons. The summed E-state index contributed by atoms with van der Waals surface area (Å²) in [4.78, 5) is 0. The zero-order chi connectivity index (χ0) is 6.97. The predicted molar refractivity (Wildman–Crippen MR) is 41.6 cm³/mol. The monoisotopic (exact) mass is 134 g/mol. The molecule has 1 aliphatic rings. The Morgan fingerprint density at radius 3 is 2.90 bits per heavy atom. The van der Waals surface area contributed by atoms with Crippen LogP contribution in [0.25, 0.3) is 0 Å². The number of fused-ring (bicyclic) bond motifs is 1. The van der Waals surface area contributed by atoms with E-state index in [0.717, 1.165) is 0 Å². The van der Waals surface area contributed by atoms with Gasteiger partial charge in [0.05, 0.1) is 11.7 Å². The maximum Gasteiger partial charge on any atom is 0.0536 e. The lowest BCUT2D eigenvalue weighted by Gasteiger charge is -1.99. The van der Waals surface area contributed by atoms with Gasteiger partial charge in [-0.2, -0.15) is 0 Å². The topological polar surface area (TPSA) is 24.1 Å². The standard InChI is InChI=1S/C8H10N2/c1-6-7-4-2-3-5-8(7)10-9-6/h2-6,9-10H,1H3. The molecule has 2 heteroatoms. The Balaban J connectivity index is 2.51. The zero-order valence-electron chi connectivity index (χ0n) is 5.89. The van der Waals surface area contributed by atoms with Crippen molar-refractivity contribution in [2.45, 2.75) is 13.0 Å². The molecule has 2 rings (SSSR count). The summed E-state index contributed by atoms with van der Waals surface area (Å²) in [6.07, 6.45) is 0. The fourth-order valence-corrected chi connectivity index (χ4v) is 1.25. The van der Waals surface area contributed by atoms with Gasteiger partial charge in [-0.15, -0.1) is 0 Å². The van der Waals surface area contributed by atoms with Gasteiger partial charge in [-0.3, -0.25) is 0 Å². The highest BCUT2D eigenvalue weighted by molar-refractivity contribution is 5.55. The number of anilines is 1. The largest absolute Gasteiger partial charge is 0.321 e. The van der Waals surface area contributed by atoms with Crippen molar-refractivity contribution >= 4 is 5.69 Å². The summed E-state index contributed by atoms with van der Waals surface area (Å²) in [6.45, 7) is 2.14. The maximum atomic E-state index is 3.13. The number of hydrazine groups is 1. The third-order valence-corrected chi connectivity index (χ3v) is 1.85. The number of nitrogens with one attached hydrogen (secondary N) is 2. The molecule has 0 bridgehead atoms. The molecule has 0 saturated heterocycles. The second-order valence-corrected chi connectivity index (χ2v) is 2.58. The molecule has 10 heavy (non-hydrogen) atoms. The minimum Gasteiger partial charge on any atom is -0.321 e. The Morgan fingerprint density at radius 1 is 1.30 bits per heavy atom. The van der Waals surface area contributed by atoms with E-state index in [1.165, 1.54) is 11.3 Å². The molecule has 1 aromatic rings. The van der Waals surface area contributed by atoms with Crippen molar-refractivity contribution in [3.63, 3.8) is 0 Å². The summed E-state index contributed by atoms with van der Waals surface area (Å²) in [6, 6.07) is 8.74. The molecular weight excluding hydrogens is 124 g/mol. The van der Waals surface area contributed by atoms with Crippen LogP contribution in [0.4, 0.5) is 5.69 Å². The van der Waals surface area contributed by atoms with Crippen LogP contribution in [-0.2, 0) is 0 Å². The van der Waals surface area contributed by atoms with E-state index in [-0.39, 0.29) is 0 Å². The summed E-state index contributed by atoms with van der Waals surface area (Å²) in [5, 5.41) is 0. The molecule has 0 fully saturated rings. The van der Waals surface area contributed by atoms with Crippen LogP contribution in [0.1, 0.15) is 18.5 Å². The van der Waals surface area contributed by atoms with E-state index in [9.17, 15) is 0 Å². The SMILES string of the molecule is CC1NNc2ccccc21. The van der Waals surface area contributed by atoms with Crippen LogP contribution in [-0.4, -0.2) is 0 Å². The summed E-state index contributed by atoms with van der Waals surface area (Å²) in [5.74, 6) is 0. The Morgan fingerprint density at radius 2 is 2.10 bits per heavy atom. The second-order valence-electron chi connectivity index (χ2n) is 2.58. The van der Waals surface area contributed by atoms with Crippen LogP contribution in [0, 0.1) is 0 Å². The number of benzene rings is 1. The van der Waals surface area contributed by atoms with Crippen molar-refractivity contribution in [3.8, 4) is 0 Å². The van der Waals surface area contributed by atoms with E-state index in [0.29, 0.717) is 6.04 Å². The van der Waals surface area contributed by atoms with E-state index in [4.69, 9.17) is 0 Å². The van der Waals surface area contributed by atoms with Crippen LogP contribution in [0.2, 0.25) is 0 Å². The third-order valence-electron chi connectivity index (χ3n) is 1.85. The van der Waals surface area contributed by atoms with Crippen molar-refractivity contribution in [2.24, 2.45) is 0 Å². The maximum absolute atomic E-state index is 3.13. The summed E-state index contributed by atoms with van der Waals surface area (Å²) >= 11 is 0. The van der Waals surface area contributed by atoms with Crippen LogP contribution in [0.15, 0.2) is 24.3 Å². The first-order valence-corrected chi connectivity index (χ1v) is 3.48. The van der Waals surface area contributed by atoms with E-state index in [2.05, 4.69) is 36.0 Å². The Hall–Kier alpha value is -1.02. The van der Waals surface area contributed by atoms with Gasteiger partial charge in [-0.25, -0.2) is 5.43 Å². The molecule has 52 valence electrons. The Labute approximate surface area is 60.2 Å². The fraction of sp³-hybridized carbons (Fsp3) is 0.250. The van der Waals surface area contributed by atoms with Crippen LogP contribution in [0.3, 0.4) is 0 Å². The van der Waals surface area contributed by atoms with Crippen molar-refractivity contribution in [3.05, 3.63) is 29.8 Å². The minimum atomic E-state index is 0.441. The fourth-order valence-electron chi connectivity index (χ4n) is 1.25. The number of hydrogen-bond donors (Lipinski definition) is 2. The van der Waals surface area contributed by atoms with Crippen molar-refractivity contribution in [1.29, 1.82) is 0 Å². The van der Waals surface area contributed by atoms with Gasteiger partial charge in [0.1, 0.15) is 0 Å². The van der Waals surface area contributed by atoms with Gasteiger partial charge in [0.25, 0.3) is 0 Å². The molecule has 1 aromatic carbocycles. The average Bonchev–Trinajstić information content (AvgIpc) is 2.34. The Kier molecular flexibility index (Phi) is 1.14. The van der Waals surface area contributed by atoms with Gasteiger partial charge >= 0.3 is 0 Å². The van der Waals surface area contributed by atoms with Crippen LogP contribution >= 0.6 is 0 Å². The Bertz CT molecular complexity index is 245. The van der Waals surface area contributed by atoms with E-state index >= 15 is 0 Å². The zero-order valence-corrected chi connectivity index (χ0v) is 5.89. The number of para-hydroxylation sites is 1. The van der Waals surface area contributed by atoms with E-state index in [1.807, 2.05) is 6.07 Å². The molecule has 1 unspecified atom stereocenters. The van der Waals surface area contributed by atoms with E-state index in [1.54, 1.807) is 0 Å². The highest BCUT2D eigenvalue weighted by Crippen LogP contribution is 2.26. The molecular formula is C8H10N2. The summed E-state index contributed by atoms with van der Waals surface area (Å²) < 4.78 is 0.